The molecule has 1 N–H and O–H groups in total. The summed E-state index contributed by atoms with van der Waals surface area (Å²) in [6, 6.07) is 4.83. The van der Waals surface area contributed by atoms with Gasteiger partial charge in [0.05, 0.1) is 11.3 Å². The molecule has 0 radical (unpaired) electrons. The molecule has 0 saturated heterocycles. The molecule has 0 amide bonds. The van der Waals surface area contributed by atoms with E-state index in [0.29, 0.717) is 5.56 Å². The van der Waals surface area contributed by atoms with Crippen molar-refractivity contribution in [3.63, 3.8) is 0 Å². The Labute approximate surface area is 114 Å². The van der Waals surface area contributed by atoms with E-state index in [1.54, 1.807) is 13.8 Å². The maximum atomic E-state index is 12.9. The monoisotopic (exact) mass is 281 g/mol. The quantitative estimate of drug-likeness (QED) is 0.823. The molecular formula is C15H14F3NO. The number of H-pyrrole nitrogens is 1. The molecule has 1 aromatic heterocycles. The Morgan fingerprint density at radius 2 is 1.65 bits per heavy atom. The number of aromatic nitrogens is 1. The fourth-order valence-electron chi connectivity index (χ4n) is 2.13. The van der Waals surface area contributed by atoms with Crippen molar-refractivity contribution < 1.29 is 18.0 Å². The second-order valence-electron chi connectivity index (χ2n) is 4.75. The molecule has 1 aromatic carbocycles. The Kier molecular flexibility index (Phi) is 3.46. The average Bonchev–Trinajstić information content (AvgIpc) is 2.65. The third-order valence-corrected chi connectivity index (χ3v) is 3.52. The highest BCUT2D eigenvalue weighted by atomic mass is 19.4. The number of ketones is 1. The Hall–Kier alpha value is -2.04. The van der Waals surface area contributed by atoms with Crippen LogP contribution in [0.15, 0.2) is 24.3 Å². The lowest BCUT2D eigenvalue weighted by atomic mass is 9.99. The van der Waals surface area contributed by atoms with E-state index < -0.39 is 17.5 Å². The Bertz CT molecular complexity index is 668. The first-order valence-electron chi connectivity index (χ1n) is 6.10. The van der Waals surface area contributed by atoms with Gasteiger partial charge in [0, 0.05) is 11.3 Å². The molecule has 0 saturated carbocycles. The summed E-state index contributed by atoms with van der Waals surface area (Å²) in [7, 11) is 0. The number of nitrogens with one attached hydrogen (secondary N) is 1. The van der Waals surface area contributed by atoms with Gasteiger partial charge in [-0.15, -0.1) is 0 Å². The molecule has 0 fully saturated rings. The summed E-state index contributed by atoms with van der Waals surface area (Å²) in [5.41, 5.74) is 1.34. The van der Waals surface area contributed by atoms with Crippen molar-refractivity contribution in [3.05, 3.63) is 57.9 Å². The minimum absolute atomic E-state index is 0.219. The molecule has 1 heterocycles. The van der Waals surface area contributed by atoms with Crippen molar-refractivity contribution in [2.45, 2.75) is 26.9 Å². The SMILES string of the molecule is Cc1[nH]c(C(=O)c2ccccc2C(F)(F)F)c(C)c1C. The maximum Gasteiger partial charge on any atom is 0.417 e. The predicted octanol–water partition coefficient (Wildman–Crippen LogP) is 4.19. The van der Waals surface area contributed by atoms with Gasteiger partial charge in [0.1, 0.15) is 0 Å². The lowest BCUT2D eigenvalue weighted by Gasteiger charge is -2.11. The van der Waals surface area contributed by atoms with E-state index >= 15 is 0 Å². The number of rotatable bonds is 2. The second-order valence-corrected chi connectivity index (χ2v) is 4.75. The Morgan fingerprint density at radius 1 is 1.05 bits per heavy atom. The zero-order valence-corrected chi connectivity index (χ0v) is 11.4. The highest BCUT2D eigenvalue weighted by molar-refractivity contribution is 6.10. The lowest BCUT2D eigenvalue weighted by molar-refractivity contribution is -0.137. The summed E-state index contributed by atoms with van der Waals surface area (Å²) >= 11 is 0. The molecule has 0 unspecified atom stereocenters. The fourth-order valence-corrected chi connectivity index (χ4v) is 2.13. The van der Waals surface area contributed by atoms with Gasteiger partial charge >= 0.3 is 6.18 Å². The van der Waals surface area contributed by atoms with Crippen LogP contribution in [0.25, 0.3) is 0 Å². The number of halogens is 3. The first-order chi connectivity index (χ1) is 9.23. The van der Waals surface area contributed by atoms with Gasteiger partial charge in [-0.1, -0.05) is 18.2 Å². The number of hydrogen-bond donors (Lipinski definition) is 1. The topological polar surface area (TPSA) is 32.9 Å². The van der Waals surface area contributed by atoms with E-state index in [-0.39, 0.29) is 11.3 Å². The summed E-state index contributed by atoms with van der Waals surface area (Å²) in [4.78, 5) is 15.2. The minimum Gasteiger partial charge on any atom is -0.356 e. The van der Waals surface area contributed by atoms with Gasteiger partial charge in [-0.05, 0) is 38.0 Å². The Morgan fingerprint density at radius 3 is 2.15 bits per heavy atom. The highest BCUT2D eigenvalue weighted by Gasteiger charge is 2.35. The highest BCUT2D eigenvalue weighted by Crippen LogP contribution is 2.33. The van der Waals surface area contributed by atoms with Crippen molar-refractivity contribution in [3.8, 4) is 0 Å². The number of aryl methyl sites for hydroxylation is 1. The summed E-state index contributed by atoms with van der Waals surface area (Å²) in [5, 5.41) is 0. The molecular weight excluding hydrogens is 267 g/mol. The normalized spacial score (nSPS) is 11.7. The smallest absolute Gasteiger partial charge is 0.356 e. The average molecular weight is 281 g/mol. The van der Waals surface area contributed by atoms with E-state index in [1.165, 1.54) is 18.2 Å². The van der Waals surface area contributed by atoms with E-state index in [9.17, 15) is 18.0 Å². The Balaban J connectivity index is 2.57. The van der Waals surface area contributed by atoms with Crippen LogP contribution in [-0.4, -0.2) is 10.8 Å². The largest absolute Gasteiger partial charge is 0.417 e. The molecule has 0 aliphatic rings. The lowest BCUT2D eigenvalue weighted by Crippen LogP contribution is -2.14. The number of aromatic amines is 1. The first-order valence-corrected chi connectivity index (χ1v) is 6.10. The van der Waals surface area contributed by atoms with Gasteiger partial charge in [0.2, 0.25) is 5.78 Å². The van der Waals surface area contributed by atoms with Gasteiger partial charge < -0.3 is 4.98 Å². The molecule has 0 atom stereocenters. The molecule has 0 bridgehead atoms. The molecule has 2 nitrogen and oxygen atoms in total. The first kappa shape index (κ1) is 14.4. The van der Waals surface area contributed by atoms with Crippen LogP contribution in [0.3, 0.4) is 0 Å². The van der Waals surface area contributed by atoms with Gasteiger partial charge in [-0.25, -0.2) is 0 Å². The molecule has 20 heavy (non-hydrogen) atoms. The van der Waals surface area contributed by atoms with Crippen LogP contribution in [0.2, 0.25) is 0 Å². The van der Waals surface area contributed by atoms with E-state index in [1.807, 2.05) is 6.92 Å². The van der Waals surface area contributed by atoms with Gasteiger partial charge in [0.15, 0.2) is 0 Å². The predicted molar refractivity (Wildman–Crippen MR) is 69.9 cm³/mol. The summed E-state index contributed by atoms with van der Waals surface area (Å²) in [6.45, 7) is 5.34. The molecule has 106 valence electrons. The number of carbonyl (C=O) groups is 1. The van der Waals surface area contributed by atoms with Crippen LogP contribution in [0.4, 0.5) is 13.2 Å². The van der Waals surface area contributed by atoms with Gasteiger partial charge in [-0.2, -0.15) is 13.2 Å². The molecule has 0 aliphatic heterocycles. The standard InChI is InChI=1S/C15H14F3NO/c1-8-9(2)13(19-10(8)3)14(20)11-6-4-5-7-12(11)15(16,17)18/h4-7,19H,1-3H3. The van der Waals surface area contributed by atoms with Crippen LogP contribution < -0.4 is 0 Å². The van der Waals surface area contributed by atoms with E-state index in [0.717, 1.165) is 17.3 Å². The van der Waals surface area contributed by atoms with Crippen LogP contribution in [0.5, 0.6) is 0 Å². The van der Waals surface area contributed by atoms with Crippen LogP contribution in [0, 0.1) is 20.8 Å². The van der Waals surface area contributed by atoms with Crippen molar-refractivity contribution in [1.82, 2.24) is 4.98 Å². The minimum atomic E-state index is -4.54. The second kappa shape index (κ2) is 4.81. The van der Waals surface area contributed by atoms with Crippen molar-refractivity contribution in [1.29, 1.82) is 0 Å². The van der Waals surface area contributed by atoms with Crippen LogP contribution in [0.1, 0.15) is 38.4 Å². The number of alkyl halides is 3. The molecule has 0 aliphatic carbocycles. The van der Waals surface area contributed by atoms with Crippen LogP contribution >= 0.6 is 0 Å². The summed E-state index contributed by atoms with van der Waals surface area (Å²) in [6.07, 6.45) is -4.54. The van der Waals surface area contributed by atoms with Gasteiger partial charge in [0.25, 0.3) is 0 Å². The number of hydrogen-bond acceptors (Lipinski definition) is 1. The third-order valence-electron chi connectivity index (χ3n) is 3.52. The van der Waals surface area contributed by atoms with E-state index in [4.69, 9.17) is 0 Å². The number of benzene rings is 1. The van der Waals surface area contributed by atoms with E-state index in [2.05, 4.69) is 4.98 Å². The third kappa shape index (κ3) is 2.35. The van der Waals surface area contributed by atoms with Crippen molar-refractivity contribution in [2.24, 2.45) is 0 Å². The number of carbonyl (C=O) groups excluding carboxylic acids is 1. The zero-order chi connectivity index (χ0) is 15.1. The zero-order valence-electron chi connectivity index (χ0n) is 11.4. The van der Waals surface area contributed by atoms with Gasteiger partial charge in [-0.3, -0.25) is 4.79 Å². The maximum absolute atomic E-state index is 12.9. The van der Waals surface area contributed by atoms with Crippen LogP contribution in [-0.2, 0) is 6.18 Å². The molecule has 0 spiro atoms. The molecule has 2 rings (SSSR count). The molecule has 5 heteroatoms. The molecule has 2 aromatic rings. The van der Waals surface area contributed by atoms with Crippen molar-refractivity contribution >= 4 is 5.78 Å². The summed E-state index contributed by atoms with van der Waals surface area (Å²) < 4.78 is 38.8. The summed E-state index contributed by atoms with van der Waals surface area (Å²) in [5.74, 6) is -0.633. The van der Waals surface area contributed by atoms with Crippen molar-refractivity contribution in [2.75, 3.05) is 0 Å². The fraction of sp³-hybridized carbons (Fsp3) is 0.267.